The average Bonchev–Trinajstić information content (AvgIpc) is 2.39. The molecule has 7 heteroatoms. The number of nitrogens with one attached hydrogen (secondary N) is 1. The van der Waals surface area contributed by atoms with Crippen molar-refractivity contribution < 1.29 is 0 Å². The van der Waals surface area contributed by atoms with E-state index in [0.717, 1.165) is 5.56 Å². The van der Waals surface area contributed by atoms with Gasteiger partial charge in [-0.1, -0.05) is 29.0 Å². The lowest BCUT2D eigenvalue weighted by molar-refractivity contribution is 0.981. The minimum absolute atomic E-state index is 0.0654. The van der Waals surface area contributed by atoms with E-state index in [0.29, 0.717) is 16.4 Å². The molecule has 0 saturated heterocycles. The van der Waals surface area contributed by atoms with Gasteiger partial charge in [-0.15, -0.1) is 5.10 Å². The van der Waals surface area contributed by atoms with E-state index in [4.69, 9.17) is 22.9 Å². The third-order valence-corrected chi connectivity index (χ3v) is 2.44. The quantitative estimate of drug-likeness (QED) is 0.384. The molecule has 3 N–H and O–H groups in total. The van der Waals surface area contributed by atoms with E-state index in [9.17, 15) is 0 Å². The van der Waals surface area contributed by atoms with Gasteiger partial charge in [-0.3, -0.25) is 0 Å². The van der Waals surface area contributed by atoms with Gasteiger partial charge in [-0.25, -0.2) is 9.97 Å². The summed E-state index contributed by atoms with van der Waals surface area (Å²) in [6.45, 7) is 0. The van der Waals surface area contributed by atoms with Crippen LogP contribution in [-0.2, 0) is 0 Å². The number of nitrogens with two attached hydrogens (primary N) is 1. The number of halogens is 1. The van der Waals surface area contributed by atoms with Crippen molar-refractivity contribution in [2.24, 2.45) is 16.1 Å². The molecule has 2 aromatic rings. The zero-order chi connectivity index (χ0) is 13.0. The summed E-state index contributed by atoms with van der Waals surface area (Å²) in [5.41, 5.74) is 14.2. The summed E-state index contributed by atoms with van der Waals surface area (Å²) in [5, 5.41) is 6.90. The van der Waals surface area contributed by atoms with Crippen molar-refractivity contribution in [3.05, 3.63) is 47.4 Å². The minimum Gasteiger partial charge on any atom is -0.380 e. The second-order valence-electron chi connectivity index (χ2n) is 3.38. The Hall–Kier alpha value is -2.34. The number of rotatable bonds is 3. The van der Waals surface area contributed by atoms with E-state index in [1.54, 1.807) is 18.2 Å². The van der Waals surface area contributed by atoms with Crippen LogP contribution in [-0.4, -0.2) is 15.8 Å². The van der Waals surface area contributed by atoms with Gasteiger partial charge >= 0.3 is 0 Å². The molecule has 0 atom stereocenters. The van der Waals surface area contributed by atoms with Crippen LogP contribution < -0.4 is 5.73 Å². The van der Waals surface area contributed by atoms with Crippen LogP contribution in [0.3, 0.4) is 0 Å². The maximum atomic E-state index is 6.62. The fourth-order valence-electron chi connectivity index (χ4n) is 1.41. The monoisotopic (exact) mass is 260 g/mol. The molecule has 0 aliphatic rings. The Morgan fingerprint density at radius 1 is 1.28 bits per heavy atom. The maximum absolute atomic E-state index is 6.62. The van der Waals surface area contributed by atoms with E-state index in [-0.39, 0.29) is 5.84 Å². The Labute approximate surface area is 108 Å². The fourth-order valence-corrected chi connectivity index (χ4v) is 1.60. The Morgan fingerprint density at radius 2 is 2.11 bits per heavy atom. The van der Waals surface area contributed by atoms with Crippen LogP contribution in [0.5, 0.6) is 0 Å². The van der Waals surface area contributed by atoms with Crippen LogP contribution in [0.4, 0.5) is 0 Å². The highest BCUT2D eigenvalue weighted by Gasteiger charge is 2.05. The number of aromatic nitrogens is 2. The molecule has 1 aromatic heterocycles. The zero-order valence-corrected chi connectivity index (χ0v) is 9.96. The van der Waals surface area contributed by atoms with E-state index < -0.39 is 0 Å². The van der Waals surface area contributed by atoms with Gasteiger partial charge in [0.05, 0.1) is 5.69 Å². The zero-order valence-electron chi connectivity index (χ0n) is 9.21. The first kappa shape index (κ1) is 12.1. The van der Waals surface area contributed by atoms with Crippen LogP contribution in [0.25, 0.3) is 11.3 Å². The summed E-state index contributed by atoms with van der Waals surface area (Å²) in [6.07, 6.45) is 1.37. The van der Waals surface area contributed by atoms with E-state index in [1.165, 1.54) is 6.33 Å². The second-order valence-corrected chi connectivity index (χ2v) is 3.82. The lowest BCUT2D eigenvalue weighted by atomic mass is 10.1. The molecule has 2 rings (SSSR count). The second kappa shape index (κ2) is 5.33. The molecular weight excluding hydrogens is 252 g/mol. The Balaban J connectivity index is 2.44. The molecule has 18 heavy (non-hydrogen) atoms. The number of nitrogens with zero attached hydrogens (tertiary/aromatic N) is 4. The Morgan fingerprint density at radius 3 is 2.83 bits per heavy atom. The van der Waals surface area contributed by atoms with Crippen molar-refractivity contribution in [2.75, 3.05) is 0 Å². The van der Waals surface area contributed by atoms with Gasteiger partial charge in [0, 0.05) is 10.6 Å². The van der Waals surface area contributed by atoms with Gasteiger partial charge in [0.15, 0.2) is 5.84 Å². The van der Waals surface area contributed by atoms with Gasteiger partial charge in [-0.2, -0.15) is 5.53 Å². The first-order chi connectivity index (χ1) is 8.70. The molecule has 0 fully saturated rings. The molecule has 0 radical (unpaired) electrons. The average molecular weight is 261 g/mol. The number of hydrogen-bond donors (Lipinski definition) is 2. The van der Waals surface area contributed by atoms with E-state index in [1.807, 2.05) is 12.1 Å². The summed E-state index contributed by atoms with van der Waals surface area (Å²) in [7, 11) is 0. The van der Waals surface area contributed by atoms with Gasteiger partial charge in [-0.05, 0) is 18.2 Å². The molecule has 6 nitrogen and oxygen atoms in total. The molecule has 0 amide bonds. The topological polar surface area (TPSA) is 100 Å². The van der Waals surface area contributed by atoms with Crippen molar-refractivity contribution >= 4 is 17.4 Å². The molecule has 90 valence electrons. The lowest BCUT2D eigenvalue weighted by Gasteiger charge is -2.03. The maximum Gasteiger partial charge on any atom is 0.173 e. The predicted octanol–water partition coefficient (Wildman–Crippen LogP) is 2.45. The van der Waals surface area contributed by atoms with Crippen LogP contribution in [0.1, 0.15) is 5.69 Å². The fraction of sp³-hybridized carbons (Fsp3) is 0. The van der Waals surface area contributed by atoms with Crippen molar-refractivity contribution in [1.82, 2.24) is 9.97 Å². The summed E-state index contributed by atoms with van der Waals surface area (Å²) in [4.78, 5) is 8.10. The molecule has 1 heterocycles. The highest BCUT2D eigenvalue weighted by Crippen LogP contribution is 2.20. The van der Waals surface area contributed by atoms with Gasteiger partial charge in [0.1, 0.15) is 12.0 Å². The molecule has 1 aromatic carbocycles. The Bertz CT molecular complexity index is 610. The van der Waals surface area contributed by atoms with Crippen molar-refractivity contribution in [2.45, 2.75) is 0 Å². The normalized spacial score (nSPS) is 11.3. The lowest BCUT2D eigenvalue weighted by Crippen LogP contribution is -2.14. The molecule has 0 spiro atoms. The van der Waals surface area contributed by atoms with E-state index in [2.05, 4.69) is 20.3 Å². The smallest absolute Gasteiger partial charge is 0.173 e. The van der Waals surface area contributed by atoms with Gasteiger partial charge in [0.2, 0.25) is 0 Å². The van der Waals surface area contributed by atoms with Crippen LogP contribution in [0.2, 0.25) is 5.02 Å². The van der Waals surface area contributed by atoms with Gasteiger partial charge < -0.3 is 5.73 Å². The van der Waals surface area contributed by atoms with Crippen LogP contribution in [0, 0.1) is 5.53 Å². The third-order valence-electron chi connectivity index (χ3n) is 2.21. The van der Waals surface area contributed by atoms with Crippen LogP contribution in [0.15, 0.2) is 47.0 Å². The van der Waals surface area contributed by atoms with Crippen LogP contribution >= 0.6 is 11.6 Å². The Kier molecular flexibility index (Phi) is 3.59. The van der Waals surface area contributed by atoms with Crippen molar-refractivity contribution in [1.29, 1.82) is 5.53 Å². The molecule has 0 aliphatic heterocycles. The SMILES string of the molecule is N=NN=C(N)c1cc(-c2cccc(Cl)c2)ncn1. The first-order valence-electron chi connectivity index (χ1n) is 4.99. The molecule has 0 aliphatic carbocycles. The largest absolute Gasteiger partial charge is 0.380 e. The van der Waals surface area contributed by atoms with E-state index >= 15 is 0 Å². The summed E-state index contributed by atoms with van der Waals surface area (Å²) in [6, 6.07) is 8.93. The number of benzene rings is 1. The van der Waals surface area contributed by atoms with Crippen molar-refractivity contribution in [3.63, 3.8) is 0 Å². The summed E-state index contributed by atoms with van der Waals surface area (Å²) in [5.74, 6) is 0.0654. The standard InChI is InChI=1S/C11H9ClN6/c12-8-3-1-2-7(4-8)9-5-10(16-6-15-9)11(13)17-18-14/h1-6H,(H3,13,14,17). The molecule has 0 saturated carbocycles. The number of hydrogen-bond acceptors (Lipinski definition) is 4. The first-order valence-corrected chi connectivity index (χ1v) is 5.37. The molecular formula is C11H9ClN6. The molecule has 0 bridgehead atoms. The predicted molar refractivity (Wildman–Crippen MR) is 68.4 cm³/mol. The summed E-state index contributed by atoms with van der Waals surface area (Å²) < 4.78 is 0. The molecule has 0 unspecified atom stereocenters. The minimum atomic E-state index is 0.0654. The summed E-state index contributed by atoms with van der Waals surface area (Å²) >= 11 is 5.92. The third kappa shape index (κ3) is 2.67. The highest BCUT2D eigenvalue weighted by atomic mass is 35.5. The highest BCUT2D eigenvalue weighted by molar-refractivity contribution is 6.30. The van der Waals surface area contributed by atoms with Crippen molar-refractivity contribution in [3.8, 4) is 11.3 Å². The van der Waals surface area contributed by atoms with Gasteiger partial charge in [0.25, 0.3) is 0 Å². The number of amidine groups is 1.